The number of carbonyl (C=O) groups excluding carboxylic acids is 1. The van der Waals surface area contributed by atoms with E-state index >= 15 is 8.78 Å². The third-order valence-corrected chi connectivity index (χ3v) is 9.64. The summed E-state index contributed by atoms with van der Waals surface area (Å²) in [6.45, 7) is 6.50. The van der Waals surface area contributed by atoms with E-state index in [0.29, 0.717) is 42.8 Å². The molecule has 1 fully saturated rings. The van der Waals surface area contributed by atoms with E-state index in [1.807, 2.05) is 20.8 Å². The second-order valence-corrected chi connectivity index (χ2v) is 14.4. The fourth-order valence-corrected chi connectivity index (χ4v) is 7.31. The van der Waals surface area contributed by atoms with Gasteiger partial charge in [-0.15, -0.1) is 0 Å². The van der Waals surface area contributed by atoms with Gasteiger partial charge in [-0.2, -0.15) is 0 Å². The zero-order valence-electron chi connectivity index (χ0n) is 26.0. The van der Waals surface area contributed by atoms with Gasteiger partial charge in [0.25, 0.3) is 10.0 Å². The van der Waals surface area contributed by atoms with Gasteiger partial charge in [0.1, 0.15) is 17.2 Å². The van der Waals surface area contributed by atoms with E-state index in [-0.39, 0.29) is 41.7 Å². The maximum absolute atomic E-state index is 15.8. The number of aliphatic hydroxyl groups excluding tert-OH is 1. The van der Waals surface area contributed by atoms with Crippen LogP contribution in [0.2, 0.25) is 0 Å². The maximum atomic E-state index is 15.8. The number of rotatable bonds is 6. The number of nitrogens with one attached hydrogen (secondary N) is 2. The fraction of sp³-hybridized carbons (Fsp3) is 0.364. The van der Waals surface area contributed by atoms with Gasteiger partial charge in [0.15, 0.2) is 5.82 Å². The highest BCUT2D eigenvalue weighted by Gasteiger charge is 2.31. The lowest BCUT2D eigenvalue weighted by molar-refractivity contribution is 0.0210. The molecule has 2 heterocycles. The van der Waals surface area contributed by atoms with Gasteiger partial charge < -0.3 is 20.1 Å². The molecule has 1 saturated heterocycles. The Hall–Kier alpha value is -4.43. The third-order valence-electron chi connectivity index (χ3n) is 8.21. The largest absolute Gasteiger partial charge is 0.444 e. The van der Waals surface area contributed by atoms with E-state index in [0.717, 1.165) is 24.3 Å². The summed E-state index contributed by atoms with van der Waals surface area (Å²) < 4.78 is 79.3. The van der Waals surface area contributed by atoms with Crippen LogP contribution in [0.3, 0.4) is 0 Å². The Morgan fingerprint density at radius 3 is 2.51 bits per heavy atom. The summed E-state index contributed by atoms with van der Waals surface area (Å²) >= 11 is 0. The molecule has 4 aromatic rings. The summed E-state index contributed by atoms with van der Waals surface area (Å²) in [5.41, 5.74) is -0.495. The van der Waals surface area contributed by atoms with E-state index < -0.39 is 55.3 Å². The predicted octanol–water partition coefficient (Wildman–Crippen LogP) is 6.31. The van der Waals surface area contributed by atoms with Crippen LogP contribution in [0.25, 0.3) is 22.0 Å². The Labute approximate surface area is 270 Å². The molecule has 2 aliphatic rings. The molecule has 3 aromatic carbocycles. The Morgan fingerprint density at radius 1 is 1.04 bits per heavy atom. The number of hydrogen-bond donors (Lipinski definition) is 3. The molecule has 1 amide bonds. The average molecular weight is 670 g/mol. The minimum absolute atomic E-state index is 0.0265. The van der Waals surface area contributed by atoms with E-state index in [4.69, 9.17) is 4.74 Å². The average Bonchev–Trinajstić information content (AvgIpc) is 3.37. The normalized spacial score (nSPS) is 17.1. The molecular weight excluding hydrogens is 635 g/mol. The summed E-state index contributed by atoms with van der Waals surface area (Å²) in [4.78, 5) is 22.5. The van der Waals surface area contributed by atoms with Crippen molar-refractivity contribution in [3.05, 3.63) is 77.2 Å². The van der Waals surface area contributed by atoms with Crippen molar-refractivity contribution in [3.63, 3.8) is 0 Å². The van der Waals surface area contributed by atoms with Crippen molar-refractivity contribution in [2.45, 2.75) is 69.1 Å². The first kappa shape index (κ1) is 32.5. The van der Waals surface area contributed by atoms with Gasteiger partial charge in [-0.1, -0.05) is 6.07 Å². The van der Waals surface area contributed by atoms with Crippen molar-refractivity contribution in [2.75, 3.05) is 23.1 Å². The topological polar surface area (TPSA) is 134 Å². The minimum Gasteiger partial charge on any atom is -0.444 e. The van der Waals surface area contributed by atoms with Crippen molar-refractivity contribution in [3.8, 4) is 11.1 Å². The number of hydrogen-bond acceptors (Lipinski definition) is 8. The van der Waals surface area contributed by atoms with Crippen LogP contribution >= 0.6 is 0 Å². The second-order valence-electron chi connectivity index (χ2n) is 12.8. The Morgan fingerprint density at radius 2 is 1.79 bits per heavy atom. The number of benzene rings is 3. The van der Waals surface area contributed by atoms with Crippen molar-refractivity contribution in [2.24, 2.45) is 0 Å². The molecule has 1 aliphatic carbocycles. The number of ether oxygens (including phenoxy) is 1. The number of aromatic nitrogens is 2. The highest BCUT2D eigenvalue weighted by atomic mass is 32.2. The number of amides is 1. The Bertz CT molecular complexity index is 1980. The number of likely N-dealkylation sites (tertiary alicyclic amines) is 1. The first-order chi connectivity index (χ1) is 22.2. The number of halogens is 3. The Balaban J connectivity index is 1.19. The number of nitrogens with zero attached hydrogens (tertiary/aromatic N) is 3. The lowest BCUT2D eigenvalue weighted by Crippen LogP contribution is -2.44. The minimum atomic E-state index is -4.50. The highest BCUT2D eigenvalue weighted by Crippen LogP contribution is 2.38. The number of carbonyl (C=O) groups is 1. The second kappa shape index (κ2) is 12.3. The standard InChI is InChI=1S/C33H34F3N5O5S/c1-33(2,3)46-32(43)41-12-10-21(11-13-41)38-31-37-17-19-14-18(4-7-25(19)39-31)29-24(35)6-8-26(30(29)36)40-47(44,45)28-16-20(34)15-23-22(28)5-9-27(23)42/h4,6-8,14-17,21,27,40,42H,5,9-13H2,1-3H3,(H,37,38,39). The molecule has 10 nitrogen and oxygen atoms in total. The first-order valence-corrected chi connectivity index (χ1v) is 16.7. The van der Waals surface area contributed by atoms with Gasteiger partial charge in [0, 0.05) is 30.7 Å². The van der Waals surface area contributed by atoms with E-state index in [1.165, 1.54) is 18.3 Å². The summed E-state index contributed by atoms with van der Waals surface area (Å²) in [5, 5.41) is 13.9. The molecule has 47 heavy (non-hydrogen) atoms. The summed E-state index contributed by atoms with van der Waals surface area (Å²) in [5.74, 6) is -2.56. The molecule has 1 aromatic heterocycles. The molecule has 0 radical (unpaired) electrons. The van der Waals surface area contributed by atoms with Crippen molar-refractivity contribution < 1.29 is 36.2 Å². The number of fused-ring (bicyclic) bond motifs is 2. The number of sulfonamides is 1. The molecule has 0 spiro atoms. The SMILES string of the molecule is CC(C)(C)OC(=O)N1CCC(Nc2ncc3cc(-c4c(F)ccc(NS(=O)(=O)c5cc(F)cc6c5CCC6O)c4F)ccc3n2)CC1. The van der Waals surface area contributed by atoms with Crippen LogP contribution in [0.15, 0.2) is 53.6 Å². The smallest absolute Gasteiger partial charge is 0.410 e. The lowest BCUT2D eigenvalue weighted by atomic mass is 10.0. The summed E-state index contributed by atoms with van der Waals surface area (Å²) in [7, 11) is -4.50. The van der Waals surface area contributed by atoms with Gasteiger partial charge in [-0.05, 0) is 99.5 Å². The molecule has 6 rings (SSSR count). The molecule has 14 heteroatoms. The zero-order chi connectivity index (χ0) is 33.7. The molecule has 0 bridgehead atoms. The number of piperidine rings is 1. The molecule has 1 atom stereocenters. The third kappa shape index (κ3) is 6.84. The van der Waals surface area contributed by atoms with Crippen LogP contribution in [-0.2, 0) is 21.2 Å². The van der Waals surface area contributed by atoms with Crippen molar-refractivity contribution in [1.29, 1.82) is 0 Å². The number of anilines is 2. The first-order valence-electron chi connectivity index (χ1n) is 15.2. The van der Waals surface area contributed by atoms with E-state index in [1.54, 1.807) is 11.0 Å². The van der Waals surface area contributed by atoms with E-state index in [9.17, 15) is 22.7 Å². The fourth-order valence-electron chi connectivity index (χ4n) is 5.94. The van der Waals surface area contributed by atoms with Crippen LogP contribution in [-0.4, -0.2) is 59.2 Å². The van der Waals surface area contributed by atoms with Crippen LogP contribution in [0.1, 0.15) is 57.3 Å². The number of aliphatic hydroxyl groups is 1. The zero-order valence-corrected chi connectivity index (χ0v) is 26.8. The molecular formula is C33H34F3N5O5S. The lowest BCUT2D eigenvalue weighted by Gasteiger charge is -2.33. The quantitative estimate of drug-likeness (QED) is 0.218. The molecule has 0 saturated carbocycles. The monoisotopic (exact) mass is 669 g/mol. The Kier molecular flexibility index (Phi) is 8.51. The van der Waals surface area contributed by atoms with Gasteiger partial charge >= 0.3 is 6.09 Å². The van der Waals surface area contributed by atoms with Crippen LogP contribution in [0, 0.1) is 17.5 Å². The molecule has 1 aliphatic heterocycles. The van der Waals surface area contributed by atoms with Crippen molar-refractivity contribution in [1.82, 2.24) is 14.9 Å². The van der Waals surface area contributed by atoms with Gasteiger partial charge in [-0.25, -0.2) is 36.4 Å². The van der Waals surface area contributed by atoms with Gasteiger partial charge in [0.2, 0.25) is 5.95 Å². The van der Waals surface area contributed by atoms with Gasteiger partial charge in [-0.3, -0.25) is 4.72 Å². The van der Waals surface area contributed by atoms with Gasteiger partial charge in [0.05, 0.1) is 27.8 Å². The summed E-state index contributed by atoms with van der Waals surface area (Å²) in [6, 6.07) is 8.39. The molecule has 3 N–H and O–H groups in total. The predicted molar refractivity (Wildman–Crippen MR) is 170 cm³/mol. The molecule has 1 unspecified atom stereocenters. The summed E-state index contributed by atoms with van der Waals surface area (Å²) in [6.07, 6.45) is 1.94. The van der Waals surface area contributed by atoms with Crippen LogP contribution in [0.5, 0.6) is 0 Å². The molecule has 248 valence electrons. The maximum Gasteiger partial charge on any atom is 0.410 e. The highest BCUT2D eigenvalue weighted by molar-refractivity contribution is 7.92. The van der Waals surface area contributed by atoms with Crippen LogP contribution < -0.4 is 10.0 Å². The van der Waals surface area contributed by atoms with Crippen LogP contribution in [0.4, 0.5) is 29.6 Å². The van der Waals surface area contributed by atoms with E-state index in [2.05, 4.69) is 20.0 Å². The van der Waals surface area contributed by atoms with Crippen molar-refractivity contribution >= 4 is 38.7 Å².